The summed E-state index contributed by atoms with van der Waals surface area (Å²) in [4.78, 5) is 39.8. The van der Waals surface area contributed by atoms with E-state index in [1.54, 1.807) is 18.3 Å². The Balaban J connectivity index is 1.43. The fourth-order valence-corrected chi connectivity index (χ4v) is 3.29. The minimum Gasteiger partial charge on any atom is -0.454 e. The molecule has 0 aliphatic carbocycles. The molecule has 9 heteroatoms. The SMILES string of the molecule is CC(=O)NC(Cc1c[nH]c2ccccc12)C(=O)NNC(=O)c1ccc2c(c1)OCO2. The molecular weight excluding hydrogens is 388 g/mol. The molecule has 3 aromatic rings. The number of para-hydroxylation sites is 1. The number of hydrogen-bond donors (Lipinski definition) is 4. The summed E-state index contributed by atoms with van der Waals surface area (Å²) >= 11 is 0. The highest BCUT2D eigenvalue weighted by molar-refractivity contribution is 5.97. The molecule has 0 spiro atoms. The van der Waals surface area contributed by atoms with Crippen molar-refractivity contribution in [2.75, 3.05) is 6.79 Å². The fraction of sp³-hybridized carbons (Fsp3) is 0.190. The van der Waals surface area contributed by atoms with Crippen molar-refractivity contribution in [1.29, 1.82) is 0 Å². The Kier molecular flexibility index (Phi) is 5.25. The van der Waals surface area contributed by atoms with E-state index < -0.39 is 17.9 Å². The van der Waals surface area contributed by atoms with Gasteiger partial charge in [0.05, 0.1) is 0 Å². The summed E-state index contributed by atoms with van der Waals surface area (Å²) in [7, 11) is 0. The van der Waals surface area contributed by atoms with Crippen molar-refractivity contribution in [1.82, 2.24) is 21.2 Å². The van der Waals surface area contributed by atoms with E-state index in [1.807, 2.05) is 24.3 Å². The third-order valence-electron chi connectivity index (χ3n) is 4.73. The molecule has 3 amide bonds. The zero-order valence-corrected chi connectivity index (χ0v) is 16.2. The molecule has 0 bridgehead atoms. The van der Waals surface area contributed by atoms with E-state index in [9.17, 15) is 14.4 Å². The number of hydrazine groups is 1. The number of hydrogen-bond acceptors (Lipinski definition) is 5. The summed E-state index contributed by atoms with van der Waals surface area (Å²) in [5, 5.41) is 3.59. The molecule has 0 saturated carbocycles. The average Bonchev–Trinajstić information content (AvgIpc) is 3.37. The number of fused-ring (bicyclic) bond motifs is 2. The molecule has 1 aliphatic rings. The molecular formula is C21H20N4O5. The molecule has 2 aromatic carbocycles. The van der Waals surface area contributed by atoms with Crippen LogP contribution < -0.4 is 25.6 Å². The van der Waals surface area contributed by atoms with Crippen LogP contribution in [0.5, 0.6) is 11.5 Å². The third kappa shape index (κ3) is 4.04. The number of nitrogens with one attached hydrogen (secondary N) is 4. The highest BCUT2D eigenvalue weighted by Gasteiger charge is 2.23. The minimum absolute atomic E-state index is 0.101. The van der Waals surface area contributed by atoms with Gasteiger partial charge in [-0.2, -0.15) is 0 Å². The first-order valence-corrected chi connectivity index (χ1v) is 9.33. The average molecular weight is 408 g/mol. The van der Waals surface area contributed by atoms with Crippen LogP contribution in [-0.4, -0.2) is 35.5 Å². The van der Waals surface area contributed by atoms with Gasteiger partial charge in [0, 0.05) is 36.0 Å². The Morgan fingerprint density at radius 1 is 1.07 bits per heavy atom. The second kappa shape index (κ2) is 8.16. The van der Waals surface area contributed by atoms with Crippen molar-refractivity contribution in [3.63, 3.8) is 0 Å². The predicted molar refractivity (Wildman–Crippen MR) is 108 cm³/mol. The van der Waals surface area contributed by atoms with Gasteiger partial charge in [-0.3, -0.25) is 25.2 Å². The maximum absolute atomic E-state index is 12.7. The fourth-order valence-electron chi connectivity index (χ4n) is 3.29. The van der Waals surface area contributed by atoms with Crippen LogP contribution in [0.2, 0.25) is 0 Å². The lowest BCUT2D eigenvalue weighted by molar-refractivity contribution is -0.128. The molecule has 154 valence electrons. The van der Waals surface area contributed by atoms with Gasteiger partial charge in [0.15, 0.2) is 11.5 Å². The highest BCUT2D eigenvalue weighted by Crippen LogP contribution is 2.32. The van der Waals surface area contributed by atoms with Gasteiger partial charge in [-0.25, -0.2) is 0 Å². The number of rotatable bonds is 5. The van der Waals surface area contributed by atoms with Crippen LogP contribution in [0.15, 0.2) is 48.7 Å². The maximum atomic E-state index is 12.7. The van der Waals surface area contributed by atoms with Crippen molar-refractivity contribution in [2.24, 2.45) is 0 Å². The first-order chi connectivity index (χ1) is 14.5. The molecule has 30 heavy (non-hydrogen) atoms. The Morgan fingerprint density at radius 3 is 2.70 bits per heavy atom. The summed E-state index contributed by atoms with van der Waals surface area (Å²) < 4.78 is 10.5. The van der Waals surface area contributed by atoms with Gasteiger partial charge in [0.25, 0.3) is 11.8 Å². The largest absolute Gasteiger partial charge is 0.454 e. The summed E-state index contributed by atoms with van der Waals surface area (Å²) in [5.41, 5.74) is 6.86. The normalized spacial score (nSPS) is 13.0. The predicted octanol–water partition coefficient (Wildman–Crippen LogP) is 1.40. The maximum Gasteiger partial charge on any atom is 0.269 e. The highest BCUT2D eigenvalue weighted by atomic mass is 16.7. The second-order valence-electron chi connectivity index (χ2n) is 6.83. The molecule has 0 fully saturated rings. The lowest BCUT2D eigenvalue weighted by atomic mass is 10.0. The summed E-state index contributed by atoms with van der Waals surface area (Å²) in [6.07, 6.45) is 2.06. The Bertz CT molecular complexity index is 1120. The van der Waals surface area contributed by atoms with E-state index in [1.165, 1.54) is 13.0 Å². The standard InChI is InChI=1S/C21H20N4O5/c1-12(26)23-17(8-14-10-22-16-5-3-2-4-15(14)16)21(28)25-24-20(27)13-6-7-18-19(9-13)30-11-29-18/h2-7,9-10,17,22H,8,11H2,1H3,(H,23,26)(H,24,27)(H,25,28). The number of aromatic nitrogens is 1. The van der Waals surface area contributed by atoms with Crippen molar-refractivity contribution in [2.45, 2.75) is 19.4 Å². The van der Waals surface area contributed by atoms with E-state index in [2.05, 4.69) is 21.2 Å². The lowest BCUT2D eigenvalue weighted by Gasteiger charge is -2.18. The molecule has 1 atom stereocenters. The van der Waals surface area contributed by atoms with Crippen LogP contribution in [0.25, 0.3) is 10.9 Å². The van der Waals surface area contributed by atoms with E-state index in [0.717, 1.165) is 16.5 Å². The second-order valence-corrected chi connectivity index (χ2v) is 6.83. The molecule has 2 heterocycles. The molecule has 4 N–H and O–H groups in total. The number of amides is 3. The van der Waals surface area contributed by atoms with Gasteiger partial charge >= 0.3 is 0 Å². The first-order valence-electron chi connectivity index (χ1n) is 9.33. The molecule has 1 unspecified atom stereocenters. The van der Waals surface area contributed by atoms with Crippen LogP contribution in [0, 0.1) is 0 Å². The molecule has 1 aliphatic heterocycles. The van der Waals surface area contributed by atoms with E-state index in [4.69, 9.17) is 9.47 Å². The third-order valence-corrected chi connectivity index (χ3v) is 4.73. The number of carbonyl (C=O) groups is 3. The number of benzene rings is 2. The van der Waals surface area contributed by atoms with Gasteiger partial charge in [-0.15, -0.1) is 0 Å². The monoisotopic (exact) mass is 408 g/mol. The van der Waals surface area contributed by atoms with Crippen LogP contribution in [-0.2, 0) is 16.0 Å². The topological polar surface area (TPSA) is 122 Å². The lowest BCUT2D eigenvalue weighted by Crippen LogP contribution is -2.52. The molecule has 4 rings (SSSR count). The quantitative estimate of drug-likeness (QED) is 0.476. The van der Waals surface area contributed by atoms with Crippen molar-refractivity contribution >= 4 is 28.6 Å². The summed E-state index contributed by atoms with van der Waals surface area (Å²) in [6, 6.07) is 11.5. The van der Waals surface area contributed by atoms with Gasteiger partial charge in [-0.1, -0.05) is 18.2 Å². The molecule has 1 aromatic heterocycles. The van der Waals surface area contributed by atoms with E-state index in [0.29, 0.717) is 17.1 Å². The number of carbonyl (C=O) groups excluding carboxylic acids is 3. The number of ether oxygens (including phenoxy) is 2. The Hall–Kier alpha value is -4.01. The van der Waals surface area contributed by atoms with Crippen LogP contribution in [0.3, 0.4) is 0 Å². The molecule has 0 saturated heterocycles. The van der Waals surface area contributed by atoms with E-state index >= 15 is 0 Å². The van der Waals surface area contributed by atoms with Crippen molar-refractivity contribution in [3.8, 4) is 11.5 Å². The first kappa shape index (κ1) is 19.3. The van der Waals surface area contributed by atoms with Crippen molar-refractivity contribution < 1.29 is 23.9 Å². The number of H-pyrrole nitrogens is 1. The Labute approximate surface area is 171 Å². The van der Waals surface area contributed by atoms with Gasteiger partial charge in [0.2, 0.25) is 12.7 Å². The van der Waals surface area contributed by atoms with Crippen LogP contribution in [0.1, 0.15) is 22.8 Å². The zero-order valence-electron chi connectivity index (χ0n) is 16.2. The summed E-state index contributed by atoms with van der Waals surface area (Å²) in [6.45, 7) is 1.43. The summed E-state index contributed by atoms with van der Waals surface area (Å²) in [5.74, 6) is -0.388. The van der Waals surface area contributed by atoms with E-state index in [-0.39, 0.29) is 19.1 Å². The molecule has 9 nitrogen and oxygen atoms in total. The molecule has 0 radical (unpaired) electrons. The van der Waals surface area contributed by atoms with Crippen LogP contribution >= 0.6 is 0 Å². The van der Waals surface area contributed by atoms with Crippen molar-refractivity contribution in [3.05, 3.63) is 59.8 Å². The van der Waals surface area contributed by atoms with Crippen LogP contribution in [0.4, 0.5) is 0 Å². The number of aromatic amines is 1. The Morgan fingerprint density at radius 2 is 1.87 bits per heavy atom. The smallest absolute Gasteiger partial charge is 0.269 e. The van der Waals surface area contributed by atoms with Gasteiger partial charge < -0.3 is 19.8 Å². The van der Waals surface area contributed by atoms with Gasteiger partial charge in [0.1, 0.15) is 6.04 Å². The minimum atomic E-state index is -0.862. The van der Waals surface area contributed by atoms with Gasteiger partial charge in [-0.05, 0) is 29.8 Å². The zero-order chi connectivity index (χ0) is 21.1.